The van der Waals surface area contributed by atoms with Crippen LogP contribution >= 0.6 is 0 Å². The summed E-state index contributed by atoms with van der Waals surface area (Å²) in [4.78, 5) is 12.0. The first-order valence-corrected chi connectivity index (χ1v) is 8.03. The molecule has 0 aromatic heterocycles. The molecule has 0 spiro atoms. The first-order chi connectivity index (χ1) is 11.0. The maximum atomic E-state index is 12.0. The van der Waals surface area contributed by atoms with E-state index in [-0.39, 0.29) is 5.91 Å². The molecule has 0 radical (unpaired) electrons. The maximum absolute atomic E-state index is 12.0. The molecule has 2 rings (SSSR count). The second kappa shape index (κ2) is 7.82. The van der Waals surface area contributed by atoms with E-state index in [1.165, 1.54) is 11.1 Å². The normalized spacial score (nSPS) is 10.4. The molecule has 0 unspecified atom stereocenters. The number of ether oxygens (including phenoxy) is 1. The summed E-state index contributed by atoms with van der Waals surface area (Å²) in [5.41, 5.74) is 5.52. The lowest BCUT2D eigenvalue weighted by Gasteiger charge is -2.11. The molecule has 0 saturated carbocycles. The molecule has 0 atom stereocenters. The summed E-state index contributed by atoms with van der Waals surface area (Å²) < 4.78 is 5.75. The first-order valence-electron chi connectivity index (χ1n) is 8.03. The van der Waals surface area contributed by atoms with Crippen molar-refractivity contribution in [3.63, 3.8) is 0 Å². The monoisotopic (exact) mass is 311 g/mol. The van der Waals surface area contributed by atoms with Crippen molar-refractivity contribution in [2.45, 2.75) is 40.5 Å². The van der Waals surface area contributed by atoms with Gasteiger partial charge in [0.05, 0.1) is 6.61 Å². The van der Waals surface area contributed by atoms with Gasteiger partial charge in [-0.25, -0.2) is 0 Å². The molecule has 2 aromatic rings. The Labute approximate surface area is 138 Å². The Morgan fingerprint density at radius 2 is 1.61 bits per heavy atom. The van der Waals surface area contributed by atoms with Crippen molar-refractivity contribution in [3.8, 4) is 5.75 Å². The zero-order valence-electron chi connectivity index (χ0n) is 14.4. The van der Waals surface area contributed by atoms with E-state index in [0.29, 0.717) is 19.4 Å². The molecular formula is C20H25NO2. The van der Waals surface area contributed by atoms with Gasteiger partial charge >= 0.3 is 0 Å². The lowest BCUT2D eigenvalue weighted by atomic mass is 10.1. The molecule has 1 amide bonds. The summed E-state index contributed by atoms with van der Waals surface area (Å²) in [6, 6.07) is 12.2. The maximum Gasteiger partial charge on any atom is 0.224 e. The molecule has 0 heterocycles. The Morgan fingerprint density at radius 3 is 2.26 bits per heavy atom. The smallest absolute Gasteiger partial charge is 0.224 e. The van der Waals surface area contributed by atoms with Gasteiger partial charge in [0.15, 0.2) is 0 Å². The van der Waals surface area contributed by atoms with E-state index in [9.17, 15) is 4.79 Å². The number of benzene rings is 2. The van der Waals surface area contributed by atoms with Crippen LogP contribution in [0.1, 0.15) is 35.1 Å². The molecule has 3 nitrogen and oxygen atoms in total. The number of rotatable bonds is 6. The van der Waals surface area contributed by atoms with Gasteiger partial charge in [-0.3, -0.25) is 4.79 Å². The minimum atomic E-state index is 0.0289. The second-order valence-corrected chi connectivity index (χ2v) is 6.09. The zero-order chi connectivity index (χ0) is 16.8. The number of carbonyl (C=O) groups excluding carboxylic acids is 1. The number of carbonyl (C=O) groups is 1. The molecular weight excluding hydrogens is 286 g/mol. The molecule has 2 aromatic carbocycles. The van der Waals surface area contributed by atoms with Crippen LogP contribution in [0.3, 0.4) is 0 Å². The van der Waals surface area contributed by atoms with E-state index in [4.69, 9.17) is 4.74 Å². The highest BCUT2D eigenvalue weighted by Gasteiger charge is 2.06. The van der Waals surface area contributed by atoms with Crippen molar-refractivity contribution in [1.82, 2.24) is 0 Å². The van der Waals surface area contributed by atoms with Crippen molar-refractivity contribution < 1.29 is 9.53 Å². The van der Waals surface area contributed by atoms with Gasteiger partial charge in [0.1, 0.15) is 5.75 Å². The summed E-state index contributed by atoms with van der Waals surface area (Å²) in [6.45, 7) is 8.70. The largest absolute Gasteiger partial charge is 0.493 e. The number of hydrogen-bond donors (Lipinski definition) is 1. The summed E-state index contributed by atoms with van der Waals surface area (Å²) in [7, 11) is 0. The van der Waals surface area contributed by atoms with Crippen molar-refractivity contribution >= 4 is 11.6 Å². The van der Waals surface area contributed by atoms with Gasteiger partial charge in [-0.2, -0.15) is 0 Å². The van der Waals surface area contributed by atoms with Gasteiger partial charge in [0, 0.05) is 12.1 Å². The minimum Gasteiger partial charge on any atom is -0.493 e. The van der Waals surface area contributed by atoms with E-state index in [1.54, 1.807) is 0 Å². The van der Waals surface area contributed by atoms with Gasteiger partial charge in [0.2, 0.25) is 5.91 Å². The van der Waals surface area contributed by atoms with Crippen LogP contribution in [-0.2, 0) is 4.79 Å². The van der Waals surface area contributed by atoms with Crippen LogP contribution in [0.15, 0.2) is 36.4 Å². The van der Waals surface area contributed by atoms with E-state index in [0.717, 1.165) is 22.6 Å². The SMILES string of the molecule is Cc1ccc(NC(=O)CCCOc2ccc(C)cc2C)c(C)c1. The predicted octanol–water partition coefficient (Wildman–Crippen LogP) is 4.72. The fraction of sp³-hybridized carbons (Fsp3) is 0.350. The Kier molecular flexibility index (Phi) is 5.80. The van der Waals surface area contributed by atoms with Crippen molar-refractivity contribution in [3.05, 3.63) is 58.7 Å². The topological polar surface area (TPSA) is 38.3 Å². The molecule has 23 heavy (non-hydrogen) atoms. The zero-order valence-corrected chi connectivity index (χ0v) is 14.4. The van der Waals surface area contributed by atoms with Gasteiger partial charge in [-0.1, -0.05) is 35.4 Å². The van der Waals surface area contributed by atoms with E-state index < -0.39 is 0 Å². The number of anilines is 1. The van der Waals surface area contributed by atoms with Gasteiger partial charge < -0.3 is 10.1 Å². The molecule has 0 aliphatic carbocycles. The molecule has 1 N–H and O–H groups in total. The molecule has 0 fully saturated rings. The van der Waals surface area contributed by atoms with Crippen molar-refractivity contribution in [1.29, 1.82) is 0 Å². The third-order valence-corrected chi connectivity index (χ3v) is 3.79. The van der Waals surface area contributed by atoms with Crippen LogP contribution in [0.4, 0.5) is 5.69 Å². The quantitative estimate of drug-likeness (QED) is 0.784. The van der Waals surface area contributed by atoms with E-state index in [2.05, 4.69) is 24.4 Å². The third kappa shape index (κ3) is 5.13. The lowest BCUT2D eigenvalue weighted by molar-refractivity contribution is -0.116. The molecule has 122 valence electrons. The third-order valence-electron chi connectivity index (χ3n) is 3.79. The van der Waals surface area contributed by atoms with E-state index >= 15 is 0 Å². The highest BCUT2D eigenvalue weighted by molar-refractivity contribution is 5.91. The molecule has 0 bridgehead atoms. The average Bonchev–Trinajstić information content (AvgIpc) is 2.48. The van der Waals surface area contributed by atoms with Gasteiger partial charge in [-0.15, -0.1) is 0 Å². The van der Waals surface area contributed by atoms with Crippen LogP contribution in [0.25, 0.3) is 0 Å². The highest BCUT2D eigenvalue weighted by atomic mass is 16.5. The fourth-order valence-electron chi connectivity index (χ4n) is 2.54. The highest BCUT2D eigenvalue weighted by Crippen LogP contribution is 2.19. The fourth-order valence-corrected chi connectivity index (χ4v) is 2.54. The van der Waals surface area contributed by atoms with Gasteiger partial charge in [0.25, 0.3) is 0 Å². The number of nitrogens with one attached hydrogen (secondary N) is 1. The van der Waals surface area contributed by atoms with Gasteiger partial charge in [-0.05, 0) is 57.4 Å². The Balaban J connectivity index is 1.76. The second-order valence-electron chi connectivity index (χ2n) is 6.09. The number of aryl methyl sites for hydroxylation is 4. The Morgan fingerprint density at radius 1 is 0.957 bits per heavy atom. The average molecular weight is 311 g/mol. The lowest BCUT2D eigenvalue weighted by Crippen LogP contribution is -2.13. The number of hydrogen-bond acceptors (Lipinski definition) is 2. The molecule has 3 heteroatoms. The molecule has 0 aliphatic rings. The predicted molar refractivity (Wildman–Crippen MR) is 95.2 cm³/mol. The minimum absolute atomic E-state index is 0.0289. The van der Waals surface area contributed by atoms with Crippen LogP contribution in [0.2, 0.25) is 0 Å². The Bertz CT molecular complexity index is 692. The van der Waals surface area contributed by atoms with E-state index in [1.807, 2.05) is 45.0 Å². The molecule has 0 aliphatic heterocycles. The van der Waals surface area contributed by atoms with Crippen molar-refractivity contribution in [2.24, 2.45) is 0 Å². The summed E-state index contributed by atoms with van der Waals surface area (Å²) in [5.74, 6) is 0.923. The van der Waals surface area contributed by atoms with Crippen molar-refractivity contribution in [2.75, 3.05) is 11.9 Å². The van der Waals surface area contributed by atoms with Crippen LogP contribution in [0, 0.1) is 27.7 Å². The summed E-state index contributed by atoms with van der Waals surface area (Å²) in [6.07, 6.45) is 1.16. The van der Waals surface area contributed by atoms with Crippen LogP contribution in [0.5, 0.6) is 5.75 Å². The first kappa shape index (κ1) is 17.1. The summed E-state index contributed by atoms with van der Waals surface area (Å²) >= 11 is 0. The number of amides is 1. The Hall–Kier alpha value is -2.29. The standard InChI is InChI=1S/C20H25NO2/c1-14-7-9-18(16(3)12-14)21-20(22)6-5-11-23-19-10-8-15(2)13-17(19)4/h7-10,12-13H,5-6,11H2,1-4H3,(H,21,22). The summed E-state index contributed by atoms with van der Waals surface area (Å²) in [5, 5.41) is 2.96. The van der Waals surface area contributed by atoms with Crippen LogP contribution < -0.4 is 10.1 Å². The molecule has 0 saturated heterocycles. The van der Waals surface area contributed by atoms with Crippen LogP contribution in [-0.4, -0.2) is 12.5 Å².